The number of hydrogen-bond acceptors (Lipinski definition) is 5. The lowest BCUT2D eigenvalue weighted by molar-refractivity contribution is -0.385. The molecule has 1 amide bonds. The van der Waals surface area contributed by atoms with E-state index >= 15 is 0 Å². The van der Waals surface area contributed by atoms with Gasteiger partial charge in [-0.3, -0.25) is 14.9 Å². The van der Waals surface area contributed by atoms with E-state index in [0.29, 0.717) is 16.7 Å². The Kier molecular flexibility index (Phi) is 6.13. The number of nitrogens with one attached hydrogen (secondary N) is 1. The second-order valence-electron chi connectivity index (χ2n) is 7.31. The highest BCUT2D eigenvalue weighted by molar-refractivity contribution is 6.34. The molecule has 1 N–H and O–H groups in total. The Bertz CT molecular complexity index is 1300. The summed E-state index contributed by atoms with van der Waals surface area (Å²) in [6, 6.07) is 17.0. The van der Waals surface area contributed by atoms with Gasteiger partial charge < -0.3 is 5.32 Å². The minimum Gasteiger partial charge on any atom is -0.320 e. The smallest absolute Gasteiger partial charge is 0.282 e. The van der Waals surface area contributed by atoms with Gasteiger partial charge in [0, 0.05) is 6.07 Å². The highest BCUT2D eigenvalue weighted by Crippen LogP contribution is 2.28. The second-order valence-corrected chi connectivity index (χ2v) is 7.72. The molecule has 0 fully saturated rings. The fourth-order valence-electron chi connectivity index (χ4n) is 3.34. The van der Waals surface area contributed by atoms with Crippen molar-refractivity contribution in [2.75, 3.05) is 5.32 Å². The van der Waals surface area contributed by atoms with Crippen molar-refractivity contribution in [3.05, 3.63) is 86.9 Å². The minimum absolute atomic E-state index is 0.0551. The van der Waals surface area contributed by atoms with E-state index < -0.39 is 10.8 Å². The van der Waals surface area contributed by atoms with Gasteiger partial charge in [-0.1, -0.05) is 49.2 Å². The molecule has 0 unspecified atom stereocenters. The fourth-order valence-corrected chi connectivity index (χ4v) is 3.55. The van der Waals surface area contributed by atoms with Gasteiger partial charge in [0.1, 0.15) is 16.6 Å². The summed E-state index contributed by atoms with van der Waals surface area (Å²) in [7, 11) is 0. The van der Waals surface area contributed by atoms with Crippen molar-refractivity contribution in [1.29, 1.82) is 0 Å². The van der Waals surface area contributed by atoms with Crippen molar-refractivity contribution in [2.24, 2.45) is 0 Å². The van der Waals surface area contributed by atoms with Gasteiger partial charge in [0.25, 0.3) is 11.6 Å². The van der Waals surface area contributed by atoms with Gasteiger partial charge in [0.15, 0.2) is 0 Å². The van der Waals surface area contributed by atoms with Gasteiger partial charge in [-0.15, -0.1) is 10.2 Å². The normalized spacial score (nSPS) is 10.9. The van der Waals surface area contributed by atoms with Gasteiger partial charge in [-0.2, -0.15) is 4.80 Å². The number of para-hydroxylation sites is 1. The topological polar surface area (TPSA) is 103 Å². The van der Waals surface area contributed by atoms with Crippen LogP contribution in [0.15, 0.2) is 60.7 Å². The van der Waals surface area contributed by atoms with Gasteiger partial charge in [-0.05, 0) is 48.7 Å². The molecule has 162 valence electrons. The maximum Gasteiger partial charge on any atom is 0.282 e. The summed E-state index contributed by atoms with van der Waals surface area (Å²) in [6.45, 7) is 2.16. The molecule has 0 aliphatic rings. The lowest BCUT2D eigenvalue weighted by atomic mass is 10.1. The molecular formula is C23H20ClN5O3. The lowest BCUT2D eigenvalue weighted by Gasteiger charge is -2.07. The van der Waals surface area contributed by atoms with Crippen molar-refractivity contribution in [3.63, 3.8) is 0 Å². The summed E-state index contributed by atoms with van der Waals surface area (Å²) in [6.07, 6.45) is 3.32. The Morgan fingerprint density at radius 3 is 2.47 bits per heavy atom. The van der Waals surface area contributed by atoms with Crippen LogP contribution < -0.4 is 5.32 Å². The number of aromatic nitrogens is 3. The SMILES string of the molecule is CCCCc1ccc(-n2nc3cc(Cl)c(NC(=O)c4ccccc4[N+](=O)[O-])cc3n2)cc1. The van der Waals surface area contributed by atoms with E-state index in [4.69, 9.17) is 11.6 Å². The third-order valence-electron chi connectivity index (χ3n) is 5.05. The predicted molar refractivity (Wildman–Crippen MR) is 124 cm³/mol. The first-order valence-corrected chi connectivity index (χ1v) is 10.5. The van der Waals surface area contributed by atoms with E-state index in [1.165, 1.54) is 28.6 Å². The average molecular weight is 450 g/mol. The Morgan fingerprint density at radius 1 is 1.09 bits per heavy atom. The Labute approximate surface area is 189 Å². The van der Waals surface area contributed by atoms with Crippen molar-refractivity contribution in [3.8, 4) is 5.69 Å². The number of nitro benzene ring substituents is 1. The van der Waals surface area contributed by atoms with Crippen LogP contribution in [-0.2, 0) is 6.42 Å². The molecule has 0 bridgehead atoms. The van der Waals surface area contributed by atoms with Crippen LogP contribution in [0.4, 0.5) is 11.4 Å². The molecule has 0 aliphatic carbocycles. The summed E-state index contributed by atoms with van der Waals surface area (Å²) in [5, 5.41) is 23.1. The molecule has 0 atom stereocenters. The number of hydrogen-bond donors (Lipinski definition) is 1. The maximum atomic E-state index is 12.6. The summed E-state index contributed by atoms with van der Waals surface area (Å²) in [4.78, 5) is 24.8. The van der Waals surface area contributed by atoms with Crippen LogP contribution in [0.3, 0.4) is 0 Å². The molecule has 8 nitrogen and oxygen atoms in total. The molecule has 4 aromatic rings. The summed E-state index contributed by atoms with van der Waals surface area (Å²) < 4.78 is 0. The van der Waals surface area contributed by atoms with Crippen LogP contribution in [0, 0.1) is 10.1 Å². The van der Waals surface area contributed by atoms with Crippen LogP contribution in [-0.4, -0.2) is 25.8 Å². The Balaban J connectivity index is 1.60. The number of halogens is 1. The molecule has 0 radical (unpaired) electrons. The van der Waals surface area contributed by atoms with Crippen LogP contribution >= 0.6 is 11.6 Å². The monoisotopic (exact) mass is 449 g/mol. The molecule has 0 saturated heterocycles. The zero-order valence-corrected chi connectivity index (χ0v) is 18.0. The number of rotatable bonds is 7. The summed E-state index contributed by atoms with van der Waals surface area (Å²) in [5.41, 5.74) is 3.12. The molecule has 0 saturated carbocycles. The summed E-state index contributed by atoms with van der Waals surface area (Å²) >= 11 is 6.34. The Morgan fingerprint density at radius 2 is 1.78 bits per heavy atom. The van der Waals surface area contributed by atoms with Crippen molar-refractivity contribution in [2.45, 2.75) is 26.2 Å². The van der Waals surface area contributed by atoms with Gasteiger partial charge in [0.05, 0.1) is 21.3 Å². The highest BCUT2D eigenvalue weighted by atomic mass is 35.5. The van der Waals surface area contributed by atoms with E-state index in [2.05, 4.69) is 34.6 Å². The molecular weight excluding hydrogens is 430 g/mol. The number of aryl methyl sites for hydroxylation is 1. The van der Waals surface area contributed by atoms with E-state index in [1.54, 1.807) is 18.2 Å². The Hall–Kier alpha value is -3.78. The third-order valence-corrected chi connectivity index (χ3v) is 5.36. The summed E-state index contributed by atoms with van der Waals surface area (Å²) in [5.74, 6) is -0.631. The van der Waals surface area contributed by atoms with Crippen molar-refractivity contribution >= 4 is 39.9 Å². The number of nitrogens with zero attached hydrogens (tertiary/aromatic N) is 4. The molecule has 1 aromatic heterocycles. The van der Waals surface area contributed by atoms with Crippen LogP contribution in [0.1, 0.15) is 35.7 Å². The van der Waals surface area contributed by atoms with E-state index in [1.807, 2.05) is 12.1 Å². The number of carbonyl (C=O) groups is 1. The highest BCUT2D eigenvalue weighted by Gasteiger charge is 2.20. The lowest BCUT2D eigenvalue weighted by Crippen LogP contribution is -2.14. The average Bonchev–Trinajstić information content (AvgIpc) is 3.20. The van der Waals surface area contributed by atoms with E-state index in [0.717, 1.165) is 24.9 Å². The maximum absolute atomic E-state index is 12.6. The molecule has 9 heteroatoms. The zero-order chi connectivity index (χ0) is 22.7. The first-order chi connectivity index (χ1) is 15.5. The third kappa shape index (κ3) is 4.45. The van der Waals surface area contributed by atoms with E-state index in [-0.39, 0.29) is 16.3 Å². The number of anilines is 1. The van der Waals surface area contributed by atoms with Crippen molar-refractivity contribution in [1.82, 2.24) is 15.0 Å². The van der Waals surface area contributed by atoms with Crippen molar-refractivity contribution < 1.29 is 9.72 Å². The second kappa shape index (κ2) is 9.15. The fraction of sp³-hybridized carbons (Fsp3) is 0.174. The molecule has 32 heavy (non-hydrogen) atoms. The quantitative estimate of drug-likeness (QED) is 0.293. The van der Waals surface area contributed by atoms with Crippen LogP contribution in [0.25, 0.3) is 16.7 Å². The van der Waals surface area contributed by atoms with Gasteiger partial charge in [0.2, 0.25) is 0 Å². The largest absolute Gasteiger partial charge is 0.320 e. The molecule has 3 aromatic carbocycles. The molecule has 4 rings (SSSR count). The molecule has 1 heterocycles. The zero-order valence-electron chi connectivity index (χ0n) is 17.3. The van der Waals surface area contributed by atoms with Crippen LogP contribution in [0.5, 0.6) is 0 Å². The number of carbonyl (C=O) groups excluding carboxylic acids is 1. The van der Waals surface area contributed by atoms with Crippen LogP contribution in [0.2, 0.25) is 5.02 Å². The predicted octanol–water partition coefficient (Wildman–Crippen LogP) is 5.58. The van der Waals surface area contributed by atoms with E-state index in [9.17, 15) is 14.9 Å². The number of amides is 1. The molecule has 0 aliphatic heterocycles. The number of unbranched alkanes of at least 4 members (excludes halogenated alkanes) is 1. The minimum atomic E-state index is -0.631. The first kappa shape index (κ1) is 21.5. The van der Waals surface area contributed by atoms with Gasteiger partial charge >= 0.3 is 0 Å². The number of nitro groups is 1. The number of benzene rings is 3. The standard InChI is InChI=1S/C23H20ClN5O3/c1-2-3-6-15-9-11-16(12-10-15)28-26-20-13-18(24)19(14-21(20)27-28)25-23(30)17-7-4-5-8-22(17)29(31)32/h4-5,7-14H,2-3,6H2,1H3,(H,25,30). The van der Waals surface area contributed by atoms with Gasteiger partial charge in [-0.25, -0.2) is 0 Å². The first-order valence-electron chi connectivity index (χ1n) is 10.2. The molecule has 0 spiro atoms. The number of fused-ring (bicyclic) bond motifs is 1.